The van der Waals surface area contributed by atoms with Gasteiger partial charge in [-0.1, -0.05) is 47.6 Å². The number of methoxy groups -OCH3 is 1. The van der Waals surface area contributed by atoms with Gasteiger partial charge in [-0.3, -0.25) is 0 Å². The van der Waals surface area contributed by atoms with Gasteiger partial charge in [0.05, 0.1) is 12.6 Å². The molecule has 0 unspecified atom stereocenters. The lowest BCUT2D eigenvalue weighted by molar-refractivity contribution is 0.245. The number of rotatable bonds is 6. The summed E-state index contributed by atoms with van der Waals surface area (Å²) < 4.78 is 19.1. The average molecular weight is 480 g/mol. The third-order valence-electron chi connectivity index (χ3n) is 7.86. The van der Waals surface area contributed by atoms with Gasteiger partial charge in [-0.05, 0) is 72.8 Å². The Bertz CT molecular complexity index is 1110. The van der Waals surface area contributed by atoms with Crippen LogP contribution >= 0.6 is 0 Å². The summed E-state index contributed by atoms with van der Waals surface area (Å²) in [5.74, 6) is 2.85. The molecule has 0 saturated carbocycles. The normalized spacial score (nSPS) is 16.6. The zero-order valence-corrected chi connectivity index (χ0v) is 23.6. The molecule has 34 heavy (non-hydrogen) atoms. The van der Waals surface area contributed by atoms with Crippen molar-refractivity contribution in [2.45, 2.75) is 91.1 Å². The van der Waals surface area contributed by atoms with E-state index in [1.54, 1.807) is 7.11 Å². The lowest BCUT2D eigenvalue weighted by Gasteiger charge is -2.42. The van der Waals surface area contributed by atoms with Crippen LogP contribution in [0.15, 0.2) is 36.1 Å². The van der Waals surface area contributed by atoms with Crippen molar-refractivity contribution >= 4 is 19.6 Å². The fourth-order valence-electron chi connectivity index (χ4n) is 6.58. The number of fused-ring (bicyclic) bond motifs is 5. The predicted molar refractivity (Wildman–Crippen MR) is 145 cm³/mol. The predicted octanol–water partition coefficient (Wildman–Crippen LogP) is 8.38. The third-order valence-corrected chi connectivity index (χ3v) is 13.9. The van der Waals surface area contributed by atoms with Gasteiger partial charge in [0.25, 0.3) is 8.32 Å². The van der Waals surface area contributed by atoms with Crippen LogP contribution in [-0.4, -0.2) is 21.0 Å². The quantitative estimate of drug-likeness (QED) is 0.422. The molecule has 4 nitrogen and oxygen atoms in total. The molecule has 0 aromatic heterocycles. The molecule has 5 heteroatoms. The summed E-state index contributed by atoms with van der Waals surface area (Å²) in [6.07, 6.45) is 0. The zero-order chi connectivity index (χ0) is 25.0. The Kier molecular flexibility index (Phi) is 6.30. The Balaban J connectivity index is 1.83. The van der Waals surface area contributed by atoms with E-state index in [1.807, 2.05) is 0 Å². The van der Waals surface area contributed by atoms with Crippen molar-refractivity contribution < 1.29 is 13.9 Å². The van der Waals surface area contributed by atoms with Crippen molar-refractivity contribution in [3.8, 4) is 22.6 Å². The highest BCUT2D eigenvalue weighted by molar-refractivity contribution is 6.78. The van der Waals surface area contributed by atoms with Gasteiger partial charge in [-0.25, -0.2) is 0 Å². The van der Waals surface area contributed by atoms with Crippen LogP contribution in [0.5, 0.6) is 11.5 Å². The van der Waals surface area contributed by atoms with Crippen molar-refractivity contribution in [3.05, 3.63) is 47.2 Å². The number of hydrogen-bond acceptors (Lipinski definition) is 4. The summed E-state index contributed by atoms with van der Waals surface area (Å²) in [4.78, 5) is 0. The number of anilines is 1. The molecule has 0 aliphatic carbocycles. The van der Waals surface area contributed by atoms with Gasteiger partial charge in [-0.15, -0.1) is 0 Å². The van der Waals surface area contributed by atoms with Gasteiger partial charge in [-0.2, -0.15) is 0 Å². The van der Waals surface area contributed by atoms with Gasteiger partial charge in [0, 0.05) is 22.4 Å². The van der Waals surface area contributed by atoms with Gasteiger partial charge in [0.15, 0.2) is 0 Å². The molecule has 2 heterocycles. The summed E-state index contributed by atoms with van der Waals surface area (Å²) in [6, 6.07) is 10.8. The maximum Gasteiger partial charge on any atom is 0.258 e. The maximum atomic E-state index is 7.00. The minimum Gasteiger partial charge on any atom is -0.543 e. The van der Waals surface area contributed by atoms with E-state index < -0.39 is 8.32 Å². The highest BCUT2D eigenvalue weighted by Gasteiger charge is 2.47. The van der Waals surface area contributed by atoms with Gasteiger partial charge in [0.1, 0.15) is 23.9 Å². The van der Waals surface area contributed by atoms with Crippen LogP contribution < -0.4 is 14.5 Å². The Labute approximate surface area is 206 Å². The highest BCUT2D eigenvalue weighted by Crippen LogP contribution is 2.49. The second-order valence-corrected chi connectivity index (χ2v) is 16.7. The molecule has 2 aromatic rings. The SMILES string of the molecule is COC1=C(C)c2c(ccc3c2COc2ccc(O[Si](C(C)C)(C(C)C)C(C)C)cc2-3)NC1(C)C. The van der Waals surface area contributed by atoms with Crippen LogP contribution in [0.2, 0.25) is 16.6 Å². The number of ether oxygens (including phenoxy) is 2. The minimum atomic E-state index is -2.04. The van der Waals surface area contributed by atoms with Crippen LogP contribution in [0.25, 0.3) is 16.7 Å². The number of allylic oxidation sites excluding steroid dienone is 1. The molecule has 2 aromatic carbocycles. The molecule has 0 fully saturated rings. The molecule has 4 rings (SSSR count). The van der Waals surface area contributed by atoms with Crippen molar-refractivity contribution in [1.29, 1.82) is 0 Å². The van der Waals surface area contributed by atoms with Crippen LogP contribution in [0, 0.1) is 0 Å². The fourth-order valence-corrected chi connectivity index (χ4v) is 11.8. The fraction of sp³-hybridized carbons (Fsp3) is 0.517. The summed E-state index contributed by atoms with van der Waals surface area (Å²) in [6.45, 7) is 21.0. The van der Waals surface area contributed by atoms with Crippen molar-refractivity contribution in [2.24, 2.45) is 0 Å². The summed E-state index contributed by atoms with van der Waals surface area (Å²) in [5, 5.41) is 3.66. The maximum absolute atomic E-state index is 7.00. The Morgan fingerprint density at radius 1 is 0.941 bits per heavy atom. The lowest BCUT2D eigenvalue weighted by Crippen LogP contribution is -2.50. The first-order valence-electron chi connectivity index (χ1n) is 12.6. The summed E-state index contributed by atoms with van der Waals surface area (Å²) in [7, 11) is -0.288. The van der Waals surface area contributed by atoms with E-state index in [4.69, 9.17) is 13.9 Å². The second kappa shape index (κ2) is 8.67. The smallest absolute Gasteiger partial charge is 0.258 e. The molecule has 1 N–H and O–H groups in total. The molecule has 0 spiro atoms. The third kappa shape index (κ3) is 3.73. The highest BCUT2D eigenvalue weighted by atomic mass is 28.4. The van der Waals surface area contributed by atoms with E-state index in [0.717, 1.165) is 28.5 Å². The average Bonchev–Trinajstić information content (AvgIpc) is 2.75. The largest absolute Gasteiger partial charge is 0.543 e. The lowest BCUT2D eigenvalue weighted by atomic mass is 9.83. The van der Waals surface area contributed by atoms with Crippen LogP contribution in [-0.2, 0) is 11.3 Å². The van der Waals surface area contributed by atoms with Gasteiger partial charge < -0.3 is 19.2 Å². The number of hydrogen-bond donors (Lipinski definition) is 1. The number of nitrogens with one attached hydrogen (secondary N) is 1. The molecule has 2 aliphatic heterocycles. The standard InChI is InChI=1S/C29H41NO3Si/c1-17(2)34(18(3)4,19(5)6)33-21-11-14-26-23(15-21)22-12-13-25-27(24(22)16-32-26)20(7)28(31-10)29(8,9)30-25/h11-15,17-19,30H,16H2,1-10H3. The molecule has 184 valence electrons. The van der Waals surface area contributed by atoms with E-state index in [2.05, 4.69) is 98.0 Å². The molecule has 0 atom stereocenters. The van der Waals surface area contributed by atoms with E-state index in [9.17, 15) is 0 Å². The van der Waals surface area contributed by atoms with Crippen LogP contribution in [0.1, 0.15) is 73.4 Å². The first-order valence-corrected chi connectivity index (χ1v) is 14.7. The molecular formula is C29H41NO3Si. The van der Waals surface area contributed by atoms with Crippen LogP contribution in [0.3, 0.4) is 0 Å². The summed E-state index contributed by atoms with van der Waals surface area (Å²) in [5.41, 5.74) is 8.34. The van der Waals surface area contributed by atoms with E-state index in [-0.39, 0.29) is 5.54 Å². The Morgan fingerprint density at radius 2 is 1.59 bits per heavy atom. The van der Waals surface area contributed by atoms with Crippen molar-refractivity contribution in [2.75, 3.05) is 12.4 Å². The molecular weight excluding hydrogens is 438 g/mol. The molecule has 2 aliphatic rings. The topological polar surface area (TPSA) is 39.7 Å². The summed E-state index contributed by atoms with van der Waals surface area (Å²) >= 11 is 0. The number of benzene rings is 2. The van der Waals surface area contributed by atoms with Gasteiger partial charge >= 0.3 is 0 Å². The molecule has 0 bridgehead atoms. The first kappa shape index (κ1) is 24.7. The monoisotopic (exact) mass is 479 g/mol. The minimum absolute atomic E-state index is 0.257. The van der Waals surface area contributed by atoms with Gasteiger partial charge in [0.2, 0.25) is 0 Å². The Morgan fingerprint density at radius 3 is 2.18 bits per heavy atom. The molecule has 0 radical (unpaired) electrons. The van der Waals surface area contributed by atoms with E-state index >= 15 is 0 Å². The zero-order valence-electron chi connectivity index (χ0n) is 22.6. The van der Waals surface area contributed by atoms with Crippen molar-refractivity contribution in [1.82, 2.24) is 0 Å². The second-order valence-electron chi connectivity index (χ2n) is 11.3. The molecule has 0 saturated heterocycles. The van der Waals surface area contributed by atoms with E-state index in [1.165, 1.54) is 22.3 Å². The Hall–Kier alpha value is -2.40. The van der Waals surface area contributed by atoms with E-state index in [0.29, 0.717) is 23.2 Å². The van der Waals surface area contributed by atoms with Crippen molar-refractivity contribution in [3.63, 3.8) is 0 Å². The van der Waals surface area contributed by atoms with Crippen LogP contribution in [0.4, 0.5) is 5.69 Å². The molecule has 0 amide bonds. The first-order chi connectivity index (χ1) is 15.9.